The minimum Gasteiger partial charge on any atom is -0.0959 e. The fraction of sp³-hybridized carbons (Fsp3) is 0.600. The molecule has 0 bridgehead atoms. The Labute approximate surface area is 64.6 Å². The molecule has 0 aliphatic heterocycles. The van der Waals surface area contributed by atoms with Gasteiger partial charge in [-0.15, -0.1) is 0 Å². The fourth-order valence-electron chi connectivity index (χ4n) is 0.739. The van der Waals surface area contributed by atoms with Crippen molar-refractivity contribution in [2.24, 2.45) is 5.92 Å². The van der Waals surface area contributed by atoms with Gasteiger partial charge in [-0.25, -0.2) is 0 Å². The zero-order chi connectivity index (χ0) is 8.15. The summed E-state index contributed by atoms with van der Waals surface area (Å²) >= 11 is 0. The second-order valence-electron chi connectivity index (χ2n) is 3.10. The van der Waals surface area contributed by atoms with Crippen LogP contribution >= 0.6 is 0 Å². The summed E-state index contributed by atoms with van der Waals surface area (Å²) in [5.74, 6) is 0.754. The van der Waals surface area contributed by atoms with Crippen molar-refractivity contribution in [3.05, 3.63) is 24.3 Å². The first-order valence-electron chi connectivity index (χ1n) is 3.91. The Morgan fingerprint density at radius 2 is 1.90 bits per heavy atom. The van der Waals surface area contributed by atoms with Crippen LogP contribution in [0.1, 0.15) is 33.6 Å². The highest BCUT2D eigenvalue weighted by Gasteiger charge is 2.01. The third kappa shape index (κ3) is 3.49. The van der Waals surface area contributed by atoms with Crippen molar-refractivity contribution >= 4 is 0 Å². The van der Waals surface area contributed by atoms with E-state index in [9.17, 15) is 0 Å². The van der Waals surface area contributed by atoms with Gasteiger partial charge in [0.2, 0.25) is 0 Å². The lowest BCUT2D eigenvalue weighted by molar-refractivity contribution is 0.560. The van der Waals surface area contributed by atoms with Crippen molar-refractivity contribution in [2.45, 2.75) is 33.6 Å². The van der Waals surface area contributed by atoms with Crippen molar-refractivity contribution in [3.63, 3.8) is 0 Å². The minimum absolute atomic E-state index is 0.754. The summed E-state index contributed by atoms with van der Waals surface area (Å²) in [6.07, 6.45) is 2.33. The molecule has 0 fully saturated rings. The topological polar surface area (TPSA) is 0 Å². The molecule has 0 rings (SSSR count). The average molecular weight is 138 g/mol. The van der Waals surface area contributed by atoms with Crippen molar-refractivity contribution in [1.82, 2.24) is 0 Å². The second-order valence-corrected chi connectivity index (χ2v) is 3.10. The van der Waals surface area contributed by atoms with Gasteiger partial charge in [-0.3, -0.25) is 0 Å². The Bertz CT molecular complexity index is 131. The predicted octanol–water partition coefficient (Wildman–Crippen LogP) is 3.55. The van der Waals surface area contributed by atoms with Gasteiger partial charge in [0, 0.05) is 0 Å². The van der Waals surface area contributed by atoms with E-state index in [1.165, 1.54) is 12.0 Å². The quantitative estimate of drug-likeness (QED) is 0.521. The highest BCUT2D eigenvalue weighted by molar-refractivity contribution is 5.22. The van der Waals surface area contributed by atoms with Crippen LogP contribution in [0, 0.1) is 5.92 Å². The lowest BCUT2D eigenvalue weighted by Crippen LogP contribution is -1.94. The summed E-state index contributed by atoms with van der Waals surface area (Å²) in [7, 11) is 0. The van der Waals surface area contributed by atoms with Crippen molar-refractivity contribution in [3.8, 4) is 0 Å². The number of rotatable bonds is 4. The molecule has 0 saturated heterocycles. The smallest absolute Gasteiger partial charge is 0.0257 e. The monoisotopic (exact) mass is 138 g/mol. The van der Waals surface area contributed by atoms with Gasteiger partial charge >= 0.3 is 0 Å². The first-order valence-corrected chi connectivity index (χ1v) is 3.91. The van der Waals surface area contributed by atoms with Gasteiger partial charge in [0.05, 0.1) is 0 Å². The summed E-state index contributed by atoms with van der Waals surface area (Å²) in [6.45, 7) is 14.3. The summed E-state index contributed by atoms with van der Waals surface area (Å²) in [6, 6.07) is 0. The summed E-state index contributed by atoms with van der Waals surface area (Å²) in [5, 5.41) is 0. The molecule has 0 aromatic carbocycles. The third-order valence-corrected chi connectivity index (χ3v) is 1.90. The van der Waals surface area contributed by atoms with Gasteiger partial charge in [-0.2, -0.15) is 0 Å². The van der Waals surface area contributed by atoms with Crippen molar-refractivity contribution in [2.75, 3.05) is 0 Å². The maximum Gasteiger partial charge on any atom is -0.0257 e. The van der Waals surface area contributed by atoms with Gasteiger partial charge in [0.15, 0.2) is 0 Å². The Morgan fingerprint density at radius 3 is 2.20 bits per heavy atom. The van der Waals surface area contributed by atoms with Gasteiger partial charge < -0.3 is 0 Å². The lowest BCUT2D eigenvalue weighted by Gasteiger charge is -2.09. The highest BCUT2D eigenvalue weighted by Crippen LogP contribution is 2.17. The van der Waals surface area contributed by atoms with Crippen LogP contribution in [0.3, 0.4) is 0 Å². The molecule has 0 aromatic rings. The molecule has 1 unspecified atom stereocenters. The average Bonchev–Trinajstić information content (AvgIpc) is 1.87. The molecule has 58 valence electrons. The SMILES string of the molecule is C=C(C)C(=C)CC(C)CC. The molecule has 0 N–H and O–H groups in total. The van der Waals surface area contributed by atoms with Gasteiger partial charge in [0.25, 0.3) is 0 Å². The van der Waals surface area contributed by atoms with E-state index in [1.54, 1.807) is 0 Å². The van der Waals surface area contributed by atoms with E-state index in [-0.39, 0.29) is 0 Å². The predicted molar refractivity (Wildman–Crippen MR) is 48.0 cm³/mol. The molecule has 0 aliphatic rings. The minimum atomic E-state index is 0.754. The maximum atomic E-state index is 3.94. The van der Waals surface area contributed by atoms with Gasteiger partial charge in [-0.1, -0.05) is 44.6 Å². The highest BCUT2D eigenvalue weighted by atomic mass is 14.1. The van der Waals surface area contributed by atoms with Gasteiger partial charge in [-0.05, 0) is 19.3 Å². The van der Waals surface area contributed by atoms with Crippen LogP contribution in [0.2, 0.25) is 0 Å². The van der Waals surface area contributed by atoms with Crippen LogP contribution in [0.25, 0.3) is 0 Å². The standard InChI is InChI=1S/C10H18/c1-6-9(4)7-10(5)8(2)3/h9H,2,5-7H2,1,3-4H3. The molecule has 0 saturated carbocycles. The van der Waals surface area contributed by atoms with E-state index in [4.69, 9.17) is 0 Å². The molecular formula is C10H18. The molecule has 10 heavy (non-hydrogen) atoms. The van der Waals surface area contributed by atoms with E-state index in [0.29, 0.717) is 0 Å². The first kappa shape index (κ1) is 9.48. The summed E-state index contributed by atoms with van der Waals surface area (Å²) in [5.41, 5.74) is 2.33. The molecule has 0 radical (unpaired) electrons. The fourth-order valence-corrected chi connectivity index (χ4v) is 0.739. The van der Waals surface area contributed by atoms with Crippen LogP contribution in [-0.2, 0) is 0 Å². The molecule has 0 nitrogen and oxygen atoms in total. The van der Waals surface area contributed by atoms with Crippen LogP contribution in [0.4, 0.5) is 0 Å². The Morgan fingerprint density at radius 1 is 1.40 bits per heavy atom. The van der Waals surface area contributed by atoms with Gasteiger partial charge in [0.1, 0.15) is 0 Å². The Kier molecular flexibility index (Phi) is 4.10. The van der Waals surface area contributed by atoms with E-state index in [2.05, 4.69) is 27.0 Å². The normalized spacial score (nSPS) is 12.7. The largest absolute Gasteiger partial charge is 0.0959 e. The summed E-state index contributed by atoms with van der Waals surface area (Å²) < 4.78 is 0. The number of hydrogen-bond donors (Lipinski definition) is 0. The zero-order valence-corrected chi connectivity index (χ0v) is 7.41. The van der Waals surface area contributed by atoms with Crippen LogP contribution in [-0.4, -0.2) is 0 Å². The Hall–Kier alpha value is -0.520. The molecule has 0 aliphatic carbocycles. The van der Waals surface area contributed by atoms with Crippen molar-refractivity contribution < 1.29 is 0 Å². The Balaban J connectivity index is 3.68. The third-order valence-electron chi connectivity index (χ3n) is 1.90. The van der Waals surface area contributed by atoms with E-state index < -0.39 is 0 Å². The number of hydrogen-bond acceptors (Lipinski definition) is 0. The molecular weight excluding hydrogens is 120 g/mol. The molecule has 1 atom stereocenters. The van der Waals surface area contributed by atoms with E-state index in [0.717, 1.165) is 17.9 Å². The maximum absolute atomic E-state index is 3.94. The van der Waals surface area contributed by atoms with Crippen LogP contribution in [0.5, 0.6) is 0 Å². The molecule has 0 amide bonds. The lowest BCUT2D eigenvalue weighted by atomic mass is 9.96. The molecule has 0 aromatic heterocycles. The molecule has 0 heteroatoms. The van der Waals surface area contributed by atoms with Crippen LogP contribution < -0.4 is 0 Å². The molecule has 0 heterocycles. The van der Waals surface area contributed by atoms with E-state index >= 15 is 0 Å². The van der Waals surface area contributed by atoms with Crippen LogP contribution in [0.15, 0.2) is 24.3 Å². The number of allylic oxidation sites excluding steroid dienone is 2. The second kappa shape index (κ2) is 4.32. The zero-order valence-electron chi connectivity index (χ0n) is 7.41. The van der Waals surface area contributed by atoms with E-state index in [1.807, 2.05) is 6.92 Å². The van der Waals surface area contributed by atoms with Crippen molar-refractivity contribution in [1.29, 1.82) is 0 Å². The first-order chi connectivity index (χ1) is 4.57. The summed E-state index contributed by atoms with van der Waals surface area (Å²) in [4.78, 5) is 0. The molecule has 0 spiro atoms.